The fourth-order valence-corrected chi connectivity index (χ4v) is 5.84. The standard InChI is InChI=1S/C33H32FN5O3S2/c1-3-22-6-4-5-7-23(22)16-31(40)39-33(43)38-24-9-11-28(25(34)17-24)42-29-12-13-36-27-18-30(44-32(27)29)26-10-8-21(20-37-26)19-35-14-15-41-2/h4-13,17-18,20,35H,3,14-16,19H2,1-2H3,(H2,38,39,40,43). The Morgan fingerprint density at radius 3 is 2.61 bits per heavy atom. The summed E-state index contributed by atoms with van der Waals surface area (Å²) in [6.45, 7) is 4.17. The van der Waals surface area contributed by atoms with Gasteiger partial charge in [-0.05, 0) is 59.6 Å². The third-order valence-corrected chi connectivity index (χ3v) is 8.14. The molecule has 0 bridgehead atoms. The monoisotopic (exact) mass is 629 g/mol. The summed E-state index contributed by atoms with van der Waals surface area (Å²) in [6.07, 6.45) is 4.51. The summed E-state index contributed by atoms with van der Waals surface area (Å²) in [7, 11) is 1.68. The van der Waals surface area contributed by atoms with E-state index in [0.29, 0.717) is 24.6 Å². The second-order valence-corrected chi connectivity index (χ2v) is 11.4. The van der Waals surface area contributed by atoms with E-state index in [0.717, 1.165) is 50.4 Å². The number of aromatic nitrogens is 2. The van der Waals surface area contributed by atoms with E-state index in [1.807, 2.05) is 55.6 Å². The van der Waals surface area contributed by atoms with Gasteiger partial charge in [-0.25, -0.2) is 4.39 Å². The molecule has 0 fully saturated rings. The summed E-state index contributed by atoms with van der Waals surface area (Å²) < 4.78 is 27.0. The second-order valence-electron chi connectivity index (χ2n) is 9.90. The lowest BCUT2D eigenvalue weighted by Crippen LogP contribution is -2.35. The number of nitrogens with zero attached hydrogens (tertiary/aromatic N) is 2. The van der Waals surface area contributed by atoms with Crippen LogP contribution in [0.1, 0.15) is 23.6 Å². The van der Waals surface area contributed by atoms with Crippen LogP contribution in [0.25, 0.3) is 20.8 Å². The first kappa shape index (κ1) is 31.1. The molecule has 226 valence electrons. The third-order valence-electron chi connectivity index (χ3n) is 6.78. The molecule has 5 aromatic rings. The highest BCUT2D eigenvalue weighted by atomic mass is 32.1. The maximum atomic E-state index is 15.1. The number of pyridine rings is 2. The highest BCUT2D eigenvalue weighted by molar-refractivity contribution is 7.80. The molecule has 0 saturated heterocycles. The maximum absolute atomic E-state index is 15.1. The minimum Gasteiger partial charge on any atom is -0.453 e. The number of nitrogens with one attached hydrogen (secondary N) is 3. The van der Waals surface area contributed by atoms with Crippen molar-refractivity contribution in [2.75, 3.05) is 25.6 Å². The lowest BCUT2D eigenvalue weighted by atomic mass is 10.0. The molecule has 1 amide bonds. The highest BCUT2D eigenvalue weighted by Crippen LogP contribution is 2.39. The van der Waals surface area contributed by atoms with Gasteiger partial charge in [0, 0.05) is 50.4 Å². The van der Waals surface area contributed by atoms with Crippen LogP contribution in [0, 0.1) is 5.82 Å². The molecule has 3 N–H and O–H groups in total. The minimum absolute atomic E-state index is 0.0487. The molecule has 0 atom stereocenters. The van der Waals surface area contributed by atoms with Crippen molar-refractivity contribution in [3.63, 3.8) is 0 Å². The molecule has 2 aromatic carbocycles. The molecule has 0 spiro atoms. The van der Waals surface area contributed by atoms with E-state index in [4.69, 9.17) is 21.7 Å². The van der Waals surface area contributed by atoms with Gasteiger partial charge in [-0.15, -0.1) is 11.3 Å². The Hall–Kier alpha value is -4.29. The number of amides is 1. The van der Waals surface area contributed by atoms with Crippen LogP contribution in [0.2, 0.25) is 0 Å². The number of anilines is 1. The number of hydrogen-bond acceptors (Lipinski definition) is 8. The Morgan fingerprint density at radius 1 is 1.02 bits per heavy atom. The van der Waals surface area contributed by atoms with Gasteiger partial charge >= 0.3 is 0 Å². The van der Waals surface area contributed by atoms with Crippen LogP contribution in [0.4, 0.5) is 10.1 Å². The van der Waals surface area contributed by atoms with Crippen LogP contribution in [-0.4, -0.2) is 41.2 Å². The number of halogens is 1. The van der Waals surface area contributed by atoms with Gasteiger partial charge in [-0.1, -0.05) is 37.3 Å². The van der Waals surface area contributed by atoms with Gasteiger partial charge in [-0.3, -0.25) is 14.8 Å². The number of thiocarbonyl (C=S) groups is 1. The number of carbonyl (C=O) groups is 1. The Morgan fingerprint density at radius 2 is 1.86 bits per heavy atom. The van der Waals surface area contributed by atoms with Crippen molar-refractivity contribution in [3.8, 4) is 22.1 Å². The van der Waals surface area contributed by atoms with Crippen molar-refractivity contribution in [1.82, 2.24) is 20.6 Å². The number of benzene rings is 2. The third kappa shape index (κ3) is 8.00. The molecule has 0 aliphatic rings. The van der Waals surface area contributed by atoms with Crippen LogP contribution in [0.3, 0.4) is 0 Å². The first-order valence-electron chi connectivity index (χ1n) is 14.1. The van der Waals surface area contributed by atoms with E-state index < -0.39 is 5.82 Å². The van der Waals surface area contributed by atoms with Gasteiger partial charge in [0.05, 0.1) is 33.8 Å². The average Bonchev–Trinajstić information content (AvgIpc) is 3.46. The first-order chi connectivity index (χ1) is 21.4. The fourth-order valence-electron chi connectivity index (χ4n) is 4.56. The molecule has 3 aromatic heterocycles. The number of fused-ring (bicyclic) bond motifs is 1. The van der Waals surface area contributed by atoms with Gasteiger partial charge in [0.15, 0.2) is 16.7 Å². The van der Waals surface area contributed by atoms with Crippen LogP contribution < -0.4 is 20.7 Å². The van der Waals surface area contributed by atoms with Crippen LogP contribution in [0.5, 0.6) is 11.5 Å². The van der Waals surface area contributed by atoms with Crippen LogP contribution in [0.15, 0.2) is 79.1 Å². The number of hydrogen-bond donors (Lipinski definition) is 3. The molecule has 0 aliphatic heterocycles. The molecule has 3 heterocycles. The molecule has 0 radical (unpaired) electrons. The SMILES string of the molecule is CCc1ccccc1CC(=O)NC(=S)Nc1ccc(Oc2ccnc3cc(-c4ccc(CNCCOC)cn4)sc23)c(F)c1. The zero-order chi connectivity index (χ0) is 30.9. The highest BCUT2D eigenvalue weighted by Gasteiger charge is 2.15. The predicted molar refractivity (Wildman–Crippen MR) is 177 cm³/mol. The summed E-state index contributed by atoms with van der Waals surface area (Å²) >= 11 is 6.76. The van der Waals surface area contributed by atoms with Crippen molar-refractivity contribution in [1.29, 1.82) is 0 Å². The summed E-state index contributed by atoms with van der Waals surface area (Å²) in [6, 6.07) is 19.9. The molecular weight excluding hydrogens is 598 g/mol. The summed E-state index contributed by atoms with van der Waals surface area (Å²) in [5.41, 5.74) is 5.06. The van der Waals surface area contributed by atoms with E-state index in [1.54, 1.807) is 25.4 Å². The van der Waals surface area contributed by atoms with E-state index >= 15 is 4.39 Å². The lowest BCUT2D eigenvalue weighted by Gasteiger charge is -2.12. The predicted octanol–water partition coefficient (Wildman–Crippen LogP) is 6.64. The second kappa shape index (κ2) is 14.9. The molecule has 0 saturated carbocycles. The van der Waals surface area contributed by atoms with Crippen molar-refractivity contribution in [2.24, 2.45) is 0 Å². The molecule has 0 aliphatic carbocycles. The van der Waals surface area contributed by atoms with Gasteiger partial charge in [0.25, 0.3) is 0 Å². The number of rotatable bonds is 12. The number of methoxy groups -OCH3 is 1. The zero-order valence-corrected chi connectivity index (χ0v) is 26.0. The van der Waals surface area contributed by atoms with Crippen molar-refractivity contribution in [3.05, 3.63) is 102 Å². The van der Waals surface area contributed by atoms with E-state index in [9.17, 15) is 4.79 Å². The van der Waals surface area contributed by atoms with Gasteiger partial charge < -0.3 is 25.4 Å². The summed E-state index contributed by atoms with van der Waals surface area (Å²) in [4.78, 5) is 22.5. The average molecular weight is 630 g/mol. The van der Waals surface area contributed by atoms with Crippen LogP contribution in [-0.2, 0) is 28.9 Å². The zero-order valence-electron chi connectivity index (χ0n) is 24.4. The Labute approximate surface area is 264 Å². The minimum atomic E-state index is -0.584. The number of ether oxygens (including phenoxy) is 2. The number of carbonyl (C=O) groups excluding carboxylic acids is 1. The Bertz CT molecular complexity index is 1760. The van der Waals surface area contributed by atoms with Crippen molar-refractivity contribution < 1.29 is 18.7 Å². The first-order valence-corrected chi connectivity index (χ1v) is 15.3. The number of aryl methyl sites for hydroxylation is 1. The van der Waals surface area contributed by atoms with E-state index in [-0.39, 0.29) is 23.2 Å². The molecular formula is C33H32FN5O3S2. The van der Waals surface area contributed by atoms with E-state index in [1.165, 1.54) is 23.5 Å². The topological polar surface area (TPSA) is 97.4 Å². The quantitative estimate of drug-likeness (QED) is 0.104. The van der Waals surface area contributed by atoms with Gasteiger partial charge in [0.2, 0.25) is 5.91 Å². The Kier molecular flexibility index (Phi) is 10.6. The van der Waals surface area contributed by atoms with Crippen molar-refractivity contribution in [2.45, 2.75) is 26.3 Å². The van der Waals surface area contributed by atoms with Crippen LogP contribution >= 0.6 is 23.6 Å². The number of thiophene rings is 1. The molecule has 8 nitrogen and oxygen atoms in total. The fraction of sp³-hybridized carbons (Fsp3) is 0.212. The molecule has 0 unspecified atom stereocenters. The normalized spacial score (nSPS) is 11.0. The molecule has 5 rings (SSSR count). The smallest absolute Gasteiger partial charge is 0.230 e. The van der Waals surface area contributed by atoms with Crippen molar-refractivity contribution >= 4 is 50.5 Å². The van der Waals surface area contributed by atoms with E-state index in [2.05, 4.69) is 25.9 Å². The molecule has 44 heavy (non-hydrogen) atoms. The lowest BCUT2D eigenvalue weighted by molar-refractivity contribution is -0.119. The summed E-state index contributed by atoms with van der Waals surface area (Å²) in [5, 5.41) is 8.92. The largest absolute Gasteiger partial charge is 0.453 e. The Balaban J connectivity index is 1.22. The summed E-state index contributed by atoms with van der Waals surface area (Å²) in [5.74, 6) is -0.298. The maximum Gasteiger partial charge on any atom is 0.230 e. The van der Waals surface area contributed by atoms with Gasteiger partial charge in [-0.2, -0.15) is 0 Å². The molecule has 11 heteroatoms. The van der Waals surface area contributed by atoms with Gasteiger partial charge in [0.1, 0.15) is 5.75 Å².